The number of nitrogens with one attached hydrogen (secondary N) is 2. The molecule has 0 aliphatic carbocycles. The highest BCUT2D eigenvalue weighted by Crippen LogP contribution is 2.22. The van der Waals surface area contributed by atoms with Crippen LogP contribution in [0.1, 0.15) is 64.5 Å². The van der Waals surface area contributed by atoms with Gasteiger partial charge in [-0.25, -0.2) is 4.79 Å². The number of primary amides is 1. The molecule has 1 unspecified atom stereocenters. The van der Waals surface area contributed by atoms with Gasteiger partial charge in [0.25, 0.3) is 0 Å². The third kappa shape index (κ3) is 8.61. The van der Waals surface area contributed by atoms with Crippen molar-refractivity contribution in [2.24, 2.45) is 5.73 Å². The zero-order chi connectivity index (χ0) is 21.5. The maximum Gasteiger partial charge on any atom is 0.408 e. The van der Waals surface area contributed by atoms with Gasteiger partial charge in [0.05, 0.1) is 0 Å². The van der Waals surface area contributed by atoms with Crippen LogP contribution in [0.15, 0.2) is 18.2 Å². The van der Waals surface area contributed by atoms with E-state index in [1.54, 1.807) is 20.8 Å². The molecule has 0 aliphatic rings. The van der Waals surface area contributed by atoms with Crippen LogP contribution < -0.4 is 16.4 Å². The number of rotatable bonds is 8. The summed E-state index contributed by atoms with van der Waals surface area (Å²) in [5.74, 6) is -0.662. The molecule has 0 heterocycles. The quantitative estimate of drug-likeness (QED) is 0.609. The zero-order valence-electron chi connectivity index (χ0n) is 17.1. The second-order valence-electron chi connectivity index (χ2n) is 7.93. The molecule has 1 aromatic rings. The van der Waals surface area contributed by atoms with Crippen molar-refractivity contribution < 1.29 is 19.1 Å². The lowest BCUT2D eigenvalue weighted by Gasteiger charge is -2.23. The van der Waals surface area contributed by atoms with Gasteiger partial charge >= 0.3 is 6.09 Å². The fourth-order valence-corrected chi connectivity index (χ4v) is 2.63. The summed E-state index contributed by atoms with van der Waals surface area (Å²) < 4.78 is 5.18. The van der Waals surface area contributed by atoms with E-state index in [0.29, 0.717) is 10.9 Å². The summed E-state index contributed by atoms with van der Waals surface area (Å²) in [6.45, 7) is 9.48. The van der Waals surface area contributed by atoms with Crippen LogP contribution in [0.2, 0.25) is 5.02 Å². The third-order valence-corrected chi connectivity index (χ3v) is 4.24. The standard InChI is InChI=1S/C20H30ClN3O4/c1-12(2)13-6-7-14(15(21)10-13)11-23-18(26)16(8-9-17(22)25)24-19(27)28-20(3,4)5/h6-7,10,12,16H,8-9,11H2,1-5H3,(H2,22,25)(H,23,26)(H,24,27). The monoisotopic (exact) mass is 411 g/mol. The SMILES string of the molecule is CC(C)c1ccc(CNC(=O)C(CCC(N)=O)NC(=O)OC(C)(C)C)c(Cl)c1. The molecule has 0 radical (unpaired) electrons. The van der Waals surface area contributed by atoms with Crippen LogP contribution in [-0.4, -0.2) is 29.6 Å². The van der Waals surface area contributed by atoms with Gasteiger partial charge in [-0.2, -0.15) is 0 Å². The summed E-state index contributed by atoms with van der Waals surface area (Å²) in [7, 11) is 0. The number of alkyl carbamates (subject to hydrolysis) is 1. The van der Waals surface area contributed by atoms with Crippen molar-refractivity contribution in [3.8, 4) is 0 Å². The van der Waals surface area contributed by atoms with Crippen molar-refractivity contribution in [2.45, 2.75) is 71.6 Å². The molecule has 156 valence electrons. The number of carbonyl (C=O) groups excluding carboxylic acids is 3. The topological polar surface area (TPSA) is 111 Å². The molecule has 0 bridgehead atoms. The van der Waals surface area contributed by atoms with E-state index in [-0.39, 0.29) is 19.4 Å². The van der Waals surface area contributed by atoms with Gasteiger partial charge in [-0.05, 0) is 50.3 Å². The highest BCUT2D eigenvalue weighted by molar-refractivity contribution is 6.31. The number of amides is 3. The van der Waals surface area contributed by atoms with E-state index >= 15 is 0 Å². The van der Waals surface area contributed by atoms with E-state index in [4.69, 9.17) is 22.1 Å². The number of nitrogens with two attached hydrogens (primary N) is 1. The number of hydrogen-bond acceptors (Lipinski definition) is 4. The van der Waals surface area contributed by atoms with Gasteiger partial charge < -0.3 is 21.1 Å². The Balaban J connectivity index is 2.77. The van der Waals surface area contributed by atoms with Gasteiger partial charge in [-0.3, -0.25) is 9.59 Å². The van der Waals surface area contributed by atoms with Gasteiger partial charge in [0.2, 0.25) is 11.8 Å². The lowest BCUT2D eigenvalue weighted by Crippen LogP contribution is -2.48. The highest BCUT2D eigenvalue weighted by atomic mass is 35.5. The summed E-state index contributed by atoms with van der Waals surface area (Å²) >= 11 is 6.29. The predicted octanol–water partition coefficient (Wildman–Crippen LogP) is 3.24. The van der Waals surface area contributed by atoms with Crippen LogP contribution in [0.3, 0.4) is 0 Å². The normalized spacial score (nSPS) is 12.4. The molecule has 0 saturated heterocycles. The van der Waals surface area contributed by atoms with Crippen molar-refractivity contribution in [2.75, 3.05) is 0 Å². The molecule has 0 aromatic heterocycles. The summed E-state index contributed by atoms with van der Waals surface area (Å²) in [4.78, 5) is 35.6. The molecule has 0 fully saturated rings. The number of benzene rings is 1. The minimum absolute atomic E-state index is 0.0439. The first-order chi connectivity index (χ1) is 12.9. The average molecular weight is 412 g/mol. The molecule has 3 amide bonds. The zero-order valence-corrected chi connectivity index (χ0v) is 17.9. The summed E-state index contributed by atoms with van der Waals surface area (Å²) in [6, 6.07) is 4.74. The molecule has 0 spiro atoms. The smallest absolute Gasteiger partial charge is 0.408 e. The maximum atomic E-state index is 12.5. The van der Waals surface area contributed by atoms with Crippen LogP contribution in [0.25, 0.3) is 0 Å². The Kier molecular flexibility index (Phi) is 8.75. The molecule has 0 saturated carbocycles. The Labute approximate surface area is 171 Å². The summed E-state index contributed by atoms with van der Waals surface area (Å²) in [5.41, 5.74) is 6.31. The predicted molar refractivity (Wildman–Crippen MR) is 109 cm³/mol. The van der Waals surface area contributed by atoms with Gasteiger partial charge in [-0.15, -0.1) is 0 Å². The fraction of sp³-hybridized carbons (Fsp3) is 0.550. The van der Waals surface area contributed by atoms with E-state index in [1.807, 2.05) is 18.2 Å². The van der Waals surface area contributed by atoms with E-state index in [1.165, 1.54) is 0 Å². The second-order valence-corrected chi connectivity index (χ2v) is 8.33. The second kappa shape index (κ2) is 10.3. The van der Waals surface area contributed by atoms with Crippen LogP contribution in [0.5, 0.6) is 0 Å². The summed E-state index contributed by atoms with van der Waals surface area (Å²) in [5, 5.41) is 5.78. The minimum Gasteiger partial charge on any atom is -0.444 e. The van der Waals surface area contributed by atoms with Crippen molar-refractivity contribution in [1.29, 1.82) is 0 Å². The van der Waals surface area contributed by atoms with Crippen LogP contribution >= 0.6 is 11.6 Å². The maximum absolute atomic E-state index is 12.5. The van der Waals surface area contributed by atoms with Crippen LogP contribution in [0, 0.1) is 0 Å². The minimum atomic E-state index is -0.948. The molecule has 1 rings (SSSR count). The Hall–Kier alpha value is -2.28. The van der Waals surface area contributed by atoms with Gasteiger partial charge in [0.15, 0.2) is 0 Å². The first kappa shape index (κ1) is 23.8. The lowest BCUT2D eigenvalue weighted by atomic mass is 10.0. The van der Waals surface area contributed by atoms with E-state index in [9.17, 15) is 14.4 Å². The molecule has 1 aromatic carbocycles. The van der Waals surface area contributed by atoms with Gasteiger partial charge in [-0.1, -0.05) is 37.6 Å². The molecule has 8 heteroatoms. The van der Waals surface area contributed by atoms with Gasteiger partial charge in [0.1, 0.15) is 11.6 Å². The Morgan fingerprint density at radius 3 is 2.36 bits per heavy atom. The summed E-state index contributed by atoms with van der Waals surface area (Å²) in [6.07, 6.45) is -0.713. The van der Waals surface area contributed by atoms with Gasteiger partial charge in [0, 0.05) is 18.0 Å². The number of carbonyl (C=O) groups is 3. The molecular formula is C20H30ClN3O4. The van der Waals surface area contributed by atoms with Crippen molar-refractivity contribution >= 4 is 29.5 Å². The average Bonchev–Trinajstić information content (AvgIpc) is 2.55. The van der Waals surface area contributed by atoms with Crippen LogP contribution in [0.4, 0.5) is 4.79 Å². The Bertz CT molecular complexity index is 714. The van der Waals surface area contributed by atoms with Crippen LogP contribution in [-0.2, 0) is 20.9 Å². The first-order valence-corrected chi connectivity index (χ1v) is 9.60. The molecular weight excluding hydrogens is 382 g/mol. The molecule has 7 nitrogen and oxygen atoms in total. The third-order valence-electron chi connectivity index (χ3n) is 3.88. The van der Waals surface area contributed by atoms with E-state index < -0.39 is 29.6 Å². The largest absolute Gasteiger partial charge is 0.444 e. The number of ether oxygens (including phenoxy) is 1. The Morgan fingerprint density at radius 2 is 1.86 bits per heavy atom. The number of halogens is 1. The lowest BCUT2D eigenvalue weighted by molar-refractivity contribution is -0.124. The van der Waals surface area contributed by atoms with Crippen molar-refractivity contribution in [3.05, 3.63) is 34.3 Å². The fourth-order valence-electron chi connectivity index (χ4n) is 2.38. The van der Waals surface area contributed by atoms with E-state index in [2.05, 4.69) is 24.5 Å². The molecule has 0 aliphatic heterocycles. The molecule has 1 atom stereocenters. The van der Waals surface area contributed by atoms with Crippen molar-refractivity contribution in [1.82, 2.24) is 10.6 Å². The molecule has 28 heavy (non-hydrogen) atoms. The Morgan fingerprint density at radius 1 is 1.21 bits per heavy atom. The van der Waals surface area contributed by atoms with Crippen molar-refractivity contribution in [3.63, 3.8) is 0 Å². The number of hydrogen-bond donors (Lipinski definition) is 3. The molecule has 4 N–H and O–H groups in total. The van der Waals surface area contributed by atoms with E-state index in [0.717, 1.165) is 11.1 Å². The first-order valence-electron chi connectivity index (χ1n) is 9.23. The highest BCUT2D eigenvalue weighted by Gasteiger charge is 2.24.